The van der Waals surface area contributed by atoms with Crippen molar-refractivity contribution in [2.24, 2.45) is 0 Å². The first kappa shape index (κ1) is 12.0. The molecule has 54 valence electrons. The number of hydrogen-bond acceptors (Lipinski definition) is 4. The van der Waals surface area contributed by atoms with Gasteiger partial charge in [-0.15, -0.1) is 0 Å². The summed E-state index contributed by atoms with van der Waals surface area (Å²) in [6.07, 6.45) is 0. The van der Waals surface area contributed by atoms with Crippen molar-refractivity contribution in [3.63, 3.8) is 0 Å². The predicted molar refractivity (Wildman–Crippen MR) is 52.8 cm³/mol. The van der Waals surface area contributed by atoms with Gasteiger partial charge in [0.05, 0.1) is 0 Å². The maximum atomic E-state index is 4.71. The van der Waals surface area contributed by atoms with Crippen molar-refractivity contribution in [1.82, 2.24) is 9.62 Å². The van der Waals surface area contributed by atoms with E-state index >= 15 is 0 Å². The quantitative estimate of drug-likeness (QED) is 0.380. The average Bonchev–Trinajstić information content (AvgIpc) is 1.91. The monoisotopic (exact) mass is 202 g/mol. The van der Waals surface area contributed by atoms with Crippen molar-refractivity contribution >= 4 is 80.2 Å². The van der Waals surface area contributed by atoms with Crippen LogP contribution in [0.1, 0.15) is 0 Å². The number of nitrogens with one attached hydrogen (secondary N) is 1. The van der Waals surface area contributed by atoms with Crippen LogP contribution in [-0.4, -0.2) is 86.6 Å². The van der Waals surface area contributed by atoms with Crippen LogP contribution in [0.3, 0.4) is 0 Å². The van der Waals surface area contributed by atoms with Crippen molar-refractivity contribution in [2.75, 3.05) is 26.2 Å². The Kier molecular flexibility index (Phi) is 9.16. The standard InChI is InChI=1S/C5H10N2S2.K.H/c8-5-9-7-3-1-6-2-4-7;;/h5-6H,1-4H2;;. The number of rotatable bonds is 2. The average molecular weight is 202 g/mol. The van der Waals surface area contributed by atoms with Crippen molar-refractivity contribution in [3.05, 3.63) is 0 Å². The molecule has 0 atom stereocenters. The van der Waals surface area contributed by atoms with Crippen LogP contribution in [0.5, 0.6) is 0 Å². The van der Waals surface area contributed by atoms with E-state index in [2.05, 4.69) is 9.62 Å². The van der Waals surface area contributed by atoms with Crippen molar-refractivity contribution in [2.45, 2.75) is 0 Å². The van der Waals surface area contributed by atoms with E-state index in [1.54, 1.807) is 16.6 Å². The van der Waals surface area contributed by atoms with Gasteiger partial charge in [0.1, 0.15) is 0 Å². The van der Waals surface area contributed by atoms with E-state index in [0.717, 1.165) is 26.2 Å². The third kappa shape index (κ3) is 4.79. The zero-order valence-electron chi connectivity index (χ0n) is 5.17. The fourth-order valence-electron chi connectivity index (χ4n) is 0.811. The maximum absolute atomic E-state index is 4.71. The number of nitrogens with zero attached hydrogens (tertiary/aromatic N) is 1. The van der Waals surface area contributed by atoms with Gasteiger partial charge < -0.3 is 5.32 Å². The number of hydrogen-bond donors (Lipinski definition) is 1. The van der Waals surface area contributed by atoms with Crippen molar-refractivity contribution in [1.29, 1.82) is 0 Å². The Morgan fingerprint density at radius 3 is 2.50 bits per heavy atom. The van der Waals surface area contributed by atoms with E-state index in [0.29, 0.717) is 0 Å². The molecular weight excluding hydrogens is 191 g/mol. The molecule has 0 bridgehead atoms. The van der Waals surface area contributed by atoms with Crippen LogP contribution in [0.2, 0.25) is 0 Å². The second kappa shape index (κ2) is 7.64. The molecule has 1 fully saturated rings. The molecule has 0 aromatic heterocycles. The van der Waals surface area contributed by atoms with Gasteiger partial charge in [0.25, 0.3) is 0 Å². The van der Waals surface area contributed by atoms with Gasteiger partial charge in [-0.2, -0.15) is 0 Å². The molecule has 0 unspecified atom stereocenters. The number of piperazine rings is 1. The first-order valence-electron chi connectivity index (χ1n) is 2.99. The van der Waals surface area contributed by atoms with Crippen LogP contribution >= 0.6 is 24.2 Å². The van der Waals surface area contributed by atoms with E-state index in [4.69, 9.17) is 12.2 Å². The summed E-state index contributed by atoms with van der Waals surface area (Å²) >= 11 is 6.34. The Balaban J connectivity index is 0.000000810. The molecule has 10 heavy (non-hydrogen) atoms. The van der Waals surface area contributed by atoms with Crippen molar-refractivity contribution < 1.29 is 0 Å². The second-order valence-corrected chi connectivity index (χ2v) is 3.38. The topological polar surface area (TPSA) is 15.3 Å². The van der Waals surface area contributed by atoms with Gasteiger partial charge in [-0.05, 0) is 11.9 Å². The Morgan fingerprint density at radius 1 is 1.40 bits per heavy atom. The molecule has 1 heterocycles. The van der Waals surface area contributed by atoms with E-state index in [9.17, 15) is 0 Å². The summed E-state index contributed by atoms with van der Waals surface area (Å²) in [5.74, 6) is 0. The SMILES string of the molecule is S=CSN1CCNCC1.[KH]. The molecule has 0 radical (unpaired) electrons. The van der Waals surface area contributed by atoms with Crippen LogP contribution in [0.15, 0.2) is 0 Å². The Hall–Kier alpha value is 2.00. The molecule has 0 amide bonds. The summed E-state index contributed by atoms with van der Waals surface area (Å²) in [5.41, 5.74) is 0. The minimum atomic E-state index is 0. The Bertz CT molecular complexity index is 95.6. The van der Waals surface area contributed by atoms with Crippen LogP contribution in [0.25, 0.3) is 0 Å². The second-order valence-electron chi connectivity index (χ2n) is 1.88. The third-order valence-electron chi connectivity index (χ3n) is 1.27. The molecule has 1 N–H and O–H groups in total. The van der Waals surface area contributed by atoms with E-state index < -0.39 is 0 Å². The van der Waals surface area contributed by atoms with Gasteiger partial charge in [0.2, 0.25) is 0 Å². The van der Waals surface area contributed by atoms with E-state index in [-0.39, 0.29) is 51.4 Å². The van der Waals surface area contributed by atoms with E-state index in [1.165, 1.54) is 0 Å². The Morgan fingerprint density at radius 2 is 2.00 bits per heavy atom. The third-order valence-corrected chi connectivity index (χ3v) is 2.28. The van der Waals surface area contributed by atoms with Gasteiger partial charge in [0.15, 0.2) is 0 Å². The summed E-state index contributed by atoms with van der Waals surface area (Å²) in [6.45, 7) is 4.40. The normalized spacial score (nSPS) is 19.6. The molecule has 1 rings (SSSR count). The van der Waals surface area contributed by atoms with Gasteiger partial charge in [0, 0.05) is 30.9 Å². The molecule has 2 nitrogen and oxygen atoms in total. The molecule has 1 aliphatic heterocycles. The zero-order valence-corrected chi connectivity index (χ0v) is 6.80. The first-order valence-corrected chi connectivity index (χ1v) is 4.30. The zero-order chi connectivity index (χ0) is 6.53. The van der Waals surface area contributed by atoms with Crippen LogP contribution in [0, 0.1) is 0 Å². The van der Waals surface area contributed by atoms with Gasteiger partial charge in [-0.1, -0.05) is 12.2 Å². The molecule has 1 saturated heterocycles. The molecule has 0 aromatic carbocycles. The van der Waals surface area contributed by atoms with E-state index in [1.807, 2.05) is 0 Å². The molecule has 5 heteroatoms. The van der Waals surface area contributed by atoms with Crippen LogP contribution < -0.4 is 5.32 Å². The number of thiocarbonyl (C=S) groups is 1. The van der Waals surface area contributed by atoms with Crippen LogP contribution in [0.4, 0.5) is 0 Å². The van der Waals surface area contributed by atoms with Gasteiger partial charge in [-0.25, -0.2) is 4.31 Å². The predicted octanol–water partition coefficient (Wildman–Crippen LogP) is -0.152. The summed E-state index contributed by atoms with van der Waals surface area (Å²) in [7, 11) is 0. The Labute approximate surface area is 114 Å². The fourth-order valence-corrected chi connectivity index (χ4v) is 1.69. The van der Waals surface area contributed by atoms with Gasteiger partial charge >= 0.3 is 51.4 Å². The minimum absolute atomic E-state index is 0. The van der Waals surface area contributed by atoms with Gasteiger partial charge in [-0.3, -0.25) is 0 Å². The molecule has 0 saturated carbocycles. The molecule has 1 aliphatic rings. The molecule has 0 spiro atoms. The summed E-state index contributed by atoms with van der Waals surface area (Å²) in [4.78, 5) is 0. The molecule has 0 aliphatic carbocycles. The fraction of sp³-hybridized carbons (Fsp3) is 0.800. The molecular formula is C5H11KN2S2. The molecule has 0 aromatic rings. The van der Waals surface area contributed by atoms with Crippen LogP contribution in [-0.2, 0) is 0 Å². The summed E-state index contributed by atoms with van der Waals surface area (Å²) < 4.78 is 3.98. The summed E-state index contributed by atoms with van der Waals surface area (Å²) in [6, 6.07) is 0. The first-order chi connectivity index (χ1) is 4.43. The summed E-state index contributed by atoms with van der Waals surface area (Å²) in [5, 5.41) is 3.27. The van der Waals surface area contributed by atoms with Crippen molar-refractivity contribution in [3.8, 4) is 0 Å².